The number of nitrogens with one attached hydrogen (secondary N) is 2. The molecule has 1 atom stereocenters. The van der Waals surface area contributed by atoms with Gasteiger partial charge in [-0.2, -0.15) is 0 Å². The summed E-state index contributed by atoms with van der Waals surface area (Å²) >= 11 is 0. The fraction of sp³-hybridized carbons (Fsp3) is 0.500. The van der Waals surface area contributed by atoms with Crippen molar-refractivity contribution in [1.82, 2.24) is 25.4 Å². The second kappa shape index (κ2) is 8.07. The minimum Gasteiger partial charge on any atom is -0.494 e. The van der Waals surface area contributed by atoms with Crippen LogP contribution in [0.15, 0.2) is 23.5 Å². The summed E-state index contributed by atoms with van der Waals surface area (Å²) in [6.07, 6.45) is 2.81. The average Bonchev–Trinajstić information content (AvgIpc) is 3.19. The Morgan fingerprint density at radius 2 is 2.19 bits per heavy atom. The zero-order valence-electron chi connectivity index (χ0n) is 15.7. The Labute approximate surface area is 153 Å². The smallest absolute Gasteiger partial charge is 0.191 e. The molecule has 1 aliphatic heterocycles. The van der Waals surface area contributed by atoms with Crippen molar-refractivity contribution in [1.29, 1.82) is 0 Å². The number of rotatable bonds is 6. The maximum atomic E-state index is 5.88. The van der Waals surface area contributed by atoms with E-state index in [9.17, 15) is 0 Å². The molecule has 0 saturated carbocycles. The number of ether oxygens (including phenoxy) is 2. The van der Waals surface area contributed by atoms with Gasteiger partial charge in [-0.15, -0.1) is 10.2 Å². The van der Waals surface area contributed by atoms with Crippen LogP contribution in [0, 0.1) is 0 Å². The van der Waals surface area contributed by atoms with E-state index in [0.717, 1.165) is 29.3 Å². The number of aromatic nitrogens is 3. The molecule has 1 unspecified atom stereocenters. The van der Waals surface area contributed by atoms with Gasteiger partial charge in [-0.25, -0.2) is 0 Å². The van der Waals surface area contributed by atoms with Gasteiger partial charge in [-0.3, -0.25) is 4.99 Å². The predicted molar refractivity (Wildman–Crippen MR) is 99.4 cm³/mol. The first-order chi connectivity index (χ1) is 12.6. The minimum absolute atomic E-state index is 0.212. The lowest BCUT2D eigenvalue weighted by Crippen LogP contribution is -2.37. The monoisotopic (exact) mass is 358 g/mol. The van der Waals surface area contributed by atoms with Crippen molar-refractivity contribution >= 4 is 5.96 Å². The molecular formula is C18H26N6O2. The van der Waals surface area contributed by atoms with Crippen LogP contribution in [0.1, 0.15) is 30.8 Å². The third-order valence-corrected chi connectivity index (χ3v) is 4.27. The maximum absolute atomic E-state index is 5.88. The normalized spacial score (nSPS) is 16.2. The van der Waals surface area contributed by atoms with Crippen LogP contribution >= 0.6 is 0 Å². The second-order valence-corrected chi connectivity index (χ2v) is 6.27. The van der Waals surface area contributed by atoms with Crippen molar-refractivity contribution in [3.63, 3.8) is 0 Å². The molecule has 2 N–H and O–H groups in total. The first-order valence-corrected chi connectivity index (χ1v) is 8.83. The van der Waals surface area contributed by atoms with Crippen LogP contribution in [-0.4, -0.2) is 40.5 Å². The van der Waals surface area contributed by atoms with Gasteiger partial charge in [0.15, 0.2) is 11.8 Å². The zero-order valence-corrected chi connectivity index (χ0v) is 15.7. The molecule has 0 radical (unpaired) electrons. The van der Waals surface area contributed by atoms with Gasteiger partial charge in [0, 0.05) is 38.2 Å². The lowest BCUT2D eigenvalue weighted by atomic mass is 10.1. The lowest BCUT2D eigenvalue weighted by Gasteiger charge is -2.15. The number of benzene rings is 1. The van der Waals surface area contributed by atoms with Gasteiger partial charge < -0.3 is 24.7 Å². The first kappa shape index (κ1) is 18.0. The number of nitrogens with zero attached hydrogens (tertiary/aromatic N) is 4. The fourth-order valence-corrected chi connectivity index (χ4v) is 2.94. The Bertz CT molecular complexity index is 786. The summed E-state index contributed by atoms with van der Waals surface area (Å²) in [5, 5.41) is 14.5. The van der Waals surface area contributed by atoms with Gasteiger partial charge in [0.2, 0.25) is 0 Å². The molecule has 0 saturated heterocycles. The van der Waals surface area contributed by atoms with E-state index in [1.165, 1.54) is 5.56 Å². The van der Waals surface area contributed by atoms with E-state index in [0.29, 0.717) is 25.7 Å². The average molecular weight is 358 g/mol. The van der Waals surface area contributed by atoms with E-state index in [-0.39, 0.29) is 6.10 Å². The Hall–Kier alpha value is -2.77. The lowest BCUT2D eigenvalue weighted by molar-refractivity contribution is 0.254. The summed E-state index contributed by atoms with van der Waals surface area (Å²) in [5.41, 5.74) is 2.25. The molecule has 0 bridgehead atoms. The Balaban J connectivity index is 1.65. The Kier molecular flexibility index (Phi) is 5.60. The number of hydrogen-bond acceptors (Lipinski definition) is 5. The van der Waals surface area contributed by atoms with Crippen LogP contribution in [0.5, 0.6) is 11.5 Å². The molecule has 3 rings (SSSR count). The molecule has 8 nitrogen and oxygen atoms in total. The number of aryl methyl sites for hydroxylation is 1. The molecule has 0 aliphatic carbocycles. The number of guanidine groups is 1. The highest BCUT2D eigenvalue weighted by molar-refractivity contribution is 5.79. The Morgan fingerprint density at radius 3 is 2.88 bits per heavy atom. The molecule has 0 fully saturated rings. The van der Waals surface area contributed by atoms with Crippen molar-refractivity contribution in [2.45, 2.75) is 39.5 Å². The maximum Gasteiger partial charge on any atom is 0.191 e. The quantitative estimate of drug-likeness (QED) is 0.600. The van der Waals surface area contributed by atoms with Crippen molar-refractivity contribution in [2.75, 3.05) is 13.7 Å². The minimum atomic E-state index is 0.212. The van der Waals surface area contributed by atoms with E-state index in [2.05, 4.69) is 44.9 Å². The number of hydrogen-bond donors (Lipinski definition) is 2. The van der Waals surface area contributed by atoms with Gasteiger partial charge in [-0.05, 0) is 26.0 Å². The second-order valence-electron chi connectivity index (χ2n) is 6.27. The molecule has 1 aliphatic rings. The summed E-state index contributed by atoms with van der Waals surface area (Å²) in [6.45, 7) is 5.82. The molecule has 1 aromatic heterocycles. The summed E-state index contributed by atoms with van der Waals surface area (Å²) in [7, 11) is 3.65. The van der Waals surface area contributed by atoms with Crippen LogP contribution < -0.4 is 20.1 Å². The zero-order chi connectivity index (χ0) is 18.5. The summed E-state index contributed by atoms with van der Waals surface area (Å²) < 4.78 is 13.6. The molecular weight excluding hydrogens is 332 g/mol. The van der Waals surface area contributed by atoms with Crippen LogP contribution in [0.4, 0.5) is 0 Å². The largest absolute Gasteiger partial charge is 0.494 e. The van der Waals surface area contributed by atoms with E-state index in [1.807, 2.05) is 18.5 Å². The summed E-state index contributed by atoms with van der Waals surface area (Å²) in [4.78, 5) is 4.26. The molecule has 8 heteroatoms. The third kappa shape index (κ3) is 4.07. The van der Waals surface area contributed by atoms with Crippen molar-refractivity contribution < 1.29 is 9.47 Å². The molecule has 0 amide bonds. The van der Waals surface area contributed by atoms with E-state index < -0.39 is 0 Å². The molecule has 2 heterocycles. The SMILES string of the molecule is CCOc1cc2c(cc1CNC(=NC)NCc1nncn1C)OC(C)C2. The van der Waals surface area contributed by atoms with Crippen molar-refractivity contribution in [3.05, 3.63) is 35.4 Å². The van der Waals surface area contributed by atoms with Crippen LogP contribution in [0.3, 0.4) is 0 Å². The highest BCUT2D eigenvalue weighted by Gasteiger charge is 2.21. The van der Waals surface area contributed by atoms with Gasteiger partial charge in [0.25, 0.3) is 0 Å². The van der Waals surface area contributed by atoms with Gasteiger partial charge in [0.05, 0.1) is 13.2 Å². The van der Waals surface area contributed by atoms with E-state index in [4.69, 9.17) is 9.47 Å². The van der Waals surface area contributed by atoms with E-state index in [1.54, 1.807) is 13.4 Å². The fourth-order valence-electron chi connectivity index (χ4n) is 2.94. The standard InChI is InChI=1S/C18H26N6O2/c1-5-25-15-7-13-6-12(2)26-16(13)8-14(15)9-20-18(19-3)21-10-17-23-22-11-24(17)4/h7-8,11-12H,5-6,9-10H2,1-4H3,(H2,19,20,21). The number of aliphatic imine (C=N–C) groups is 1. The predicted octanol–water partition coefficient (Wildman–Crippen LogP) is 1.40. The van der Waals surface area contributed by atoms with E-state index >= 15 is 0 Å². The molecule has 2 aromatic rings. The van der Waals surface area contributed by atoms with Crippen LogP contribution in [0.2, 0.25) is 0 Å². The first-order valence-electron chi connectivity index (χ1n) is 8.83. The molecule has 140 valence electrons. The topological polar surface area (TPSA) is 85.6 Å². The van der Waals surface area contributed by atoms with Crippen LogP contribution in [0.25, 0.3) is 0 Å². The summed E-state index contributed by atoms with van der Waals surface area (Å²) in [6, 6.07) is 4.15. The van der Waals surface area contributed by atoms with Gasteiger partial charge in [0.1, 0.15) is 23.9 Å². The summed E-state index contributed by atoms with van der Waals surface area (Å²) in [5.74, 6) is 3.35. The molecule has 1 aromatic carbocycles. The molecule has 0 spiro atoms. The number of fused-ring (bicyclic) bond motifs is 1. The van der Waals surface area contributed by atoms with Crippen molar-refractivity contribution in [2.24, 2.45) is 12.0 Å². The van der Waals surface area contributed by atoms with Gasteiger partial charge in [-0.1, -0.05) is 0 Å². The highest BCUT2D eigenvalue weighted by atomic mass is 16.5. The molecule has 26 heavy (non-hydrogen) atoms. The third-order valence-electron chi connectivity index (χ3n) is 4.27. The Morgan fingerprint density at radius 1 is 1.38 bits per heavy atom. The highest BCUT2D eigenvalue weighted by Crippen LogP contribution is 2.35. The van der Waals surface area contributed by atoms with Crippen LogP contribution in [-0.2, 0) is 26.6 Å². The van der Waals surface area contributed by atoms with Gasteiger partial charge >= 0.3 is 0 Å². The van der Waals surface area contributed by atoms with Crippen molar-refractivity contribution in [3.8, 4) is 11.5 Å².